The predicted molar refractivity (Wildman–Crippen MR) is 82.5 cm³/mol. The number of hydrogen-bond donors (Lipinski definition) is 1. The van der Waals surface area contributed by atoms with Gasteiger partial charge < -0.3 is 5.32 Å². The Morgan fingerprint density at radius 3 is 2.05 bits per heavy atom. The van der Waals surface area contributed by atoms with Crippen molar-refractivity contribution < 1.29 is 0 Å². The molecule has 0 aliphatic carbocycles. The fourth-order valence-electron chi connectivity index (χ4n) is 2.74. The lowest BCUT2D eigenvalue weighted by Gasteiger charge is -2.27. The molecule has 0 radical (unpaired) electrons. The second-order valence-electron chi connectivity index (χ2n) is 5.10. The Balaban J connectivity index is 2.31. The van der Waals surface area contributed by atoms with E-state index in [1.165, 1.54) is 16.7 Å². The van der Waals surface area contributed by atoms with E-state index in [4.69, 9.17) is 0 Å². The first kappa shape index (κ1) is 13.8. The van der Waals surface area contributed by atoms with Crippen molar-refractivity contribution in [3.63, 3.8) is 0 Å². The van der Waals surface area contributed by atoms with Gasteiger partial charge in [0, 0.05) is 12.0 Å². The third-order valence-corrected chi connectivity index (χ3v) is 3.82. The SMILES string of the molecule is CCC(c1ccccc1)C(NC)c1ccc(C)cc1. The van der Waals surface area contributed by atoms with Crippen molar-refractivity contribution in [2.24, 2.45) is 0 Å². The molecule has 0 aromatic heterocycles. The second-order valence-corrected chi connectivity index (χ2v) is 5.10. The Kier molecular flexibility index (Phi) is 4.75. The standard InChI is InChI=1S/C18H23N/c1-4-17(15-8-6-5-7-9-15)18(19-3)16-12-10-14(2)11-13-16/h5-13,17-19H,4H2,1-3H3. The average molecular weight is 253 g/mol. The van der Waals surface area contributed by atoms with Crippen LogP contribution < -0.4 is 5.32 Å². The number of hydrogen-bond acceptors (Lipinski definition) is 1. The fraction of sp³-hybridized carbons (Fsp3) is 0.333. The number of aryl methyl sites for hydroxylation is 1. The summed E-state index contributed by atoms with van der Waals surface area (Å²) in [4.78, 5) is 0. The summed E-state index contributed by atoms with van der Waals surface area (Å²) in [6, 6.07) is 20.0. The van der Waals surface area contributed by atoms with Crippen LogP contribution in [0.4, 0.5) is 0 Å². The van der Waals surface area contributed by atoms with Crippen LogP contribution in [0.3, 0.4) is 0 Å². The zero-order chi connectivity index (χ0) is 13.7. The maximum Gasteiger partial charge on any atom is 0.0387 e. The molecule has 0 aliphatic heterocycles. The number of rotatable bonds is 5. The van der Waals surface area contributed by atoms with E-state index in [0.717, 1.165) is 6.42 Å². The molecule has 2 atom stereocenters. The van der Waals surface area contributed by atoms with Gasteiger partial charge in [0.2, 0.25) is 0 Å². The molecule has 0 aliphatic rings. The Bertz CT molecular complexity index is 487. The molecule has 100 valence electrons. The van der Waals surface area contributed by atoms with Gasteiger partial charge in [-0.3, -0.25) is 0 Å². The summed E-state index contributed by atoms with van der Waals surface area (Å²) in [5.41, 5.74) is 4.08. The van der Waals surface area contributed by atoms with Gasteiger partial charge in [0.1, 0.15) is 0 Å². The van der Waals surface area contributed by atoms with Crippen LogP contribution in [0.1, 0.15) is 42.0 Å². The lowest BCUT2D eigenvalue weighted by Crippen LogP contribution is -2.23. The van der Waals surface area contributed by atoms with Gasteiger partial charge in [-0.1, -0.05) is 67.1 Å². The normalized spacial score (nSPS) is 14.1. The highest BCUT2D eigenvalue weighted by molar-refractivity contribution is 5.29. The summed E-state index contributed by atoms with van der Waals surface area (Å²) in [5, 5.41) is 3.49. The fourth-order valence-corrected chi connectivity index (χ4v) is 2.74. The molecule has 2 aromatic carbocycles. The Labute approximate surface area is 116 Å². The summed E-state index contributed by atoms with van der Waals surface area (Å²) in [6.45, 7) is 4.39. The zero-order valence-corrected chi connectivity index (χ0v) is 12.1. The maximum absolute atomic E-state index is 3.49. The van der Waals surface area contributed by atoms with Crippen LogP contribution in [0.15, 0.2) is 54.6 Å². The summed E-state index contributed by atoms with van der Waals surface area (Å²) in [6.07, 6.45) is 1.13. The third kappa shape index (κ3) is 3.24. The van der Waals surface area contributed by atoms with E-state index in [1.807, 2.05) is 0 Å². The zero-order valence-electron chi connectivity index (χ0n) is 12.1. The first-order valence-corrected chi connectivity index (χ1v) is 7.05. The van der Waals surface area contributed by atoms with Gasteiger partial charge >= 0.3 is 0 Å². The van der Waals surface area contributed by atoms with Crippen molar-refractivity contribution in [2.45, 2.75) is 32.2 Å². The minimum atomic E-state index is 0.369. The van der Waals surface area contributed by atoms with Crippen molar-refractivity contribution in [2.75, 3.05) is 7.05 Å². The molecule has 2 aromatic rings. The molecule has 0 bridgehead atoms. The molecule has 1 N–H and O–H groups in total. The lowest BCUT2D eigenvalue weighted by molar-refractivity contribution is 0.468. The maximum atomic E-state index is 3.49. The smallest absolute Gasteiger partial charge is 0.0387 e. The molecule has 1 heteroatoms. The van der Waals surface area contributed by atoms with Crippen molar-refractivity contribution in [3.8, 4) is 0 Å². The van der Waals surface area contributed by atoms with Crippen LogP contribution in [0, 0.1) is 6.92 Å². The third-order valence-electron chi connectivity index (χ3n) is 3.82. The van der Waals surface area contributed by atoms with Crippen LogP contribution in [0.2, 0.25) is 0 Å². The summed E-state index contributed by atoms with van der Waals surface area (Å²) < 4.78 is 0. The number of benzene rings is 2. The summed E-state index contributed by atoms with van der Waals surface area (Å²) >= 11 is 0. The molecule has 0 amide bonds. The highest BCUT2D eigenvalue weighted by atomic mass is 14.9. The number of likely N-dealkylation sites (N-methyl/N-ethyl adjacent to an activating group) is 1. The molecule has 2 rings (SSSR count). The molecule has 0 heterocycles. The van der Waals surface area contributed by atoms with E-state index in [0.29, 0.717) is 12.0 Å². The summed E-state index contributed by atoms with van der Waals surface area (Å²) in [7, 11) is 2.05. The van der Waals surface area contributed by atoms with Gasteiger partial charge in [-0.05, 0) is 31.5 Å². The molecule has 1 nitrogen and oxygen atoms in total. The van der Waals surface area contributed by atoms with Crippen molar-refractivity contribution >= 4 is 0 Å². The van der Waals surface area contributed by atoms with Crippen LogP contribution in [-0.2, 0) is 0 Å². The van der Waals surface area contributed by atoms with Crippen molar-refractivity contribution in [3.05, 3.63) is 71.3 Å². The van der Waals surface area contributed by atoms with Crippen LogP contribution >= 0.6 is 0 Å². The van der Waals surface area contributed by atoms with E-state index in [-0.39, 0.29) is 0 Å². The van der Waals surface area contributed by atoms with Gasteiger partial charge in [0.05, 0.1) is 0 Å². The lowest BCUT2D eigenvalue weighted by atomic mass is 9.85. The van der Waals surface area contributed by atoms with Crippen LogP contribution in [-0.4, -0.2) is 7.05 Å². The van der Waals surface area contributed by atoms with Crippen molar-refractivity contribution in [1.82, 2.24) is 5.32 Å². The van der Waals surface area contributed by atoms with Gasteiger partial charge in [0.25, 0.3) is 0 Å². The molecule has 0 spiro atoms. The van der Waals surface area contributed by atoms with E-state index in [9.17, 15) is 0 Å². The van der Waals surface area contributed by atoms with Crippen LogP contribution in [0.5, 0.6) is 0 Å². The Hall–Kier alpha value is -1.60. The molecular formula is C18H23N. The monoisotopic (exact) mass is 253 g/mol. The Morgan fingerprint density at radius 2 is 1.53 bits per heavy atom. The molecule has 2 unspecified atom stereocenters. The average Bonchev–Trinajstić information content (AvgIpc) is 2.47. The van der Waals surface area contributed by atoms with E-state index in [1.54, 1.807) is 0 Å². The first-order valence-electron chi connectivity index (χ1n) is 7.05. The minimum Gasteiger partial charge on any atom is -0.312 e. The summed E-state index contributed by atoms with van der Waals surface area (Å²) in [5.74, 6) is 0.508. The van der Waals surface area contributed by atoms with E-state index < -0.39 is 0 Å². The first-order chi connectivity index (χ1) is 9.26. The van der Waals surface area contributed by atoms with E-state index >= 15 is 0 Å². The van der Waals surface area contributed by atoms with Crippen molar-refractivity contribution in [1.29, 1.82) is 0 Å². The second kappa shape index (κ2) is 6.53. The molecule has 0 saturated carbocycles. The quantitative estimate of drug-likeness (QED) is 0.830. The molecule has 0 fully saturated rings. The van der Waals surface area contributed by atoms with Crippen LogP contribution in [0.25, 0.3) is 0 Å². The van der Waals surface area contributed by atoms with Gasteiger partial charge in [-0.15, -0.1) is 0 Å². The number of nitrogens with one attached hydrogen (secondary N) is 1. The van der Waals surface area contributed by atoms with Gasteiger partial charge in [-0.25, -0.2) is 0 Å². The highest BCUT2D eigenvalue weighted by Crippen LogP contribution is 2.33. The van der Waals surface area contributed by atoms with Gasteiger partial charge in [0.15, 0.2) is 0 Å². The molecule has 0 saturated heterocycles. The predicted octanol–water partition coefficient (Wildman–Crippen LogP) is 4.45. The van der Waals surface area contributed by atoms with Gasteiger partial charge in [-0.2, -0.15) is 0 Å². The Morgan fingerprint density at radius 1 is 0.895 bits per heavy atom. The highest BCUT2D eigenvalue weighted by Gasteiger charge is 2.21. The largest absolute Gasteiger partial charge is 0.312 e. The van der Waals surface area contributed by atoms with E-state index in [2.05, 4.69) is 80.8 Å². The molecular weight excluding hydrogens is 230 g/mol. The molecule has 19 heavy (non-hydrogen) atoms. The topological polar surface area (TPSA) is 12.0 Å². The minimum absolute atomic E-state index is 0.369.